The Labute approximate surface area is 173 Å². The van der Waals surface area contributed by atoms with Gasteiger partial charge in [0.15, 0.2) is 5.65 Å². The van der Waals surface area contributed by atoms with Crippen molar-refractivity contribution in [2.45, 2.75) is 32.2 Å². The summed E-state index contributed by atoms with van der Waals surface area (Å²) in [4.78, 5) is 9.25. The van der Waals surface area contributed by atoms with Gasteiger partial charge in [-0.15, -0.1) is 10.2 Å². The van der Waals surface area contributed by atoms with Gasteiger partial charge < -0.3 is 10.1 Å². The van der Waals surface area contributed by atoms with Crippen LogP contribution in [0, 0.1) is 12.7 Å². The Morgan fingerprint density at radius 3 is 2.83 bits per heavy atom. The predicted molar refractivity (Wildman–Crippen MR) is 111 cm³/mol. The Kier molecular flexibility index (Phi) is 4.54. The van der Waals surface area contributed by atoms with Crippen molar-refractivity contribution in [3.05, 3.63) is 65.8 Å². The number of fused-ring (bicyclic) bond motifs is 1. The Morgan fingerprint density at radius 1 is 1.20 bits per heavy atom. The highest BCUT2D eigenvalue weighted by Crippen LogP contribution is 2.39. The number of ether oxygens (including phenoxy) is 1. The van der Waals surface area contributed by atoms with E-state index >= 15 is 0 Å². The van der Waals surface area contributed by atoms with Crippen LogP contribution >= 0.6 is 0 Å². The molecule has 3 aromatic heterocycles. The molecule has 1 saturated carbocycles. The smallest absolute Gasteiger partial charge is 0.170 e. The van der Waals surface area contributed by atoms with Gasteiger partial charge >= 0.3 is 0 Å². The highest BCUT2D eigenvalue weighted by atomic mass is 19.1. The van der Waals surface area contributed by atoms with Gasteiger partial charge in [-0.05, 0) is 44.0 Å². The monoisotopic (exact) mass is 404 g/mol. The van der Waals surface area contributed by atoms with Crippen LogP contribution in [0.4, 0.5) is 10.2 Å². The lowest BCUT2D eigenvalue weighted by Crippen LogP contribution is -2.07. The van der Waals surface area contributed by atoms with E-state index in [1.807, 2.05) is 29.7 Å². The molecule has 0 bridgehead atoms. The van der Waals surface area contributed by atoms with E-state index in [1.54, 1.807) is 18.5 Å². The lowest BCUT2D eigenvalue weighted by molar-refractivity contribution is 0.405. The molecular weight excluding hydrogens is 383 g/mol. The summed E-state index contributed by atoms with van der Waals surface area (Å²) >= 11 is 0. The number of aryl methyl sites for hydroxylation is 1. The van der Waals surface area contributed by atoms with Gasteiger partial charge in [-0.3, -0.25) is 4.40 Å². The van der Waals surface area contributed by atoms with Gasteiger partial charge in [0.25, 0.3) is 0 Å². The lowest BCUT2D eigenvalue weighted by Gasteiger charge is -2.14. The number of benzene rings is 1. The summed E-state index contributed by atoms with van der Waals surface area (Å²) in [7, 11) is 1.53. The molecule has 1 aromatic carbocycles. The maximum absolute atomic E-state index is 14.3. The summed E-state index contributed by atoms with van der Waals surface area (Å²) in [6.07, 6.45) is 5.84. The van der Waals surface area contributed by atoms with Gasteiger partial charge in [-0.2, -0.15) is 0 Å². The Hall–Kier alpha value is -3.55. The molecule has 1 aliphatic carbocycles. The zero-order valence-electron chi connectivity index (χ0n) is 16.8. The number of hydrogen-bond acceptors (Lipinski definition) is 6. The van der Waals surface area contributed by atoms with Crippen LogP contribution in [0.2, 0.25) is 0 Å². The molecule has 1 fully saturated rings. The third-order valence-corrected chi connectivity index (χ3v) is 5.43. The van der Waals surface area contributed by atoms with Crippen molar-refractivity contribution in [2.75, 3.05) is 12.4 Å². The topological polar surface area (TPSA) is 77.2 Å². The van der Waals surface area contributed by atoms with Crippen molar-refractivity contribution < 1.29 is 9.13 Å². The van der Waals surface area contributed by atoms with Gasteiger partial charge in [-0.1, -0.05) is 6.07 Å². The van der Waals surface area contributed by atoms with E-state index in [9.17, 15) is 4.39 Å². The fourth-order valence-corrected chi connectivity index (χ4v) is 3.63. The van der Waals surface area contributed by atoms with E-state index in [0.29, 0.717) is 22.9 Å². The maximum Gasteiger partial charge on any atom is 0.170 e. The van der Waals surface area contributed by atoms with Crippen molar-refractivity contribution >= 4 is 11.5 Å². The van der Waals surface area contributed by atoms with E-state index in [-0.39, 0.29) is 12.4 Å². The molecule has 152 valence electrons. The SMILES string of the molecule is COc1cccc(F)c1CNc1ccc(-c2cnc(C3CC3)nc2C)c2nncn12. The number of nitrogens with zero attached hydrogens (tertiary/aromatic N) is 5. The molecule has 7 nitrogen and oxygen atoms in total. The van der Waals surface area contributed by atoms with Crippen molar-refractivity contribution in [1.29, 1.82) is 0 Å². The molecule has 0 atom stereocenters. The van der Waals surface area contributed by atoms with Crippen LogP contribution in [0.3, 0.4) is 0 Å². The molecule has 3 heterocycles. The lowest BCUT2D eigenvalue weighted by atomic mass is 10.1. The molecule has 0 radical (unpaired) electrons. The van der Waals surface area contributed by atoms with Gasteiger partial charge in [0, 0.05) is 41.0 Å². The molecule has 4 aromatic rings. The number of hydrogen-bond donors (Lipinski definition) is 1. The third-order valence-electron chi connectivity index (χ3n) is 5.43. The van der Waals surface area contributed by atoms with E-state index in [2.05, 4.69) is 20.5 Å². The summed E-state index contributed by atoms with van der Waals surface area (Å²) in [6, 6.07) is 8.68. The largest absolute Gasteiger partial charge is 0.496 e. The molecule has 8 heteroatoms. The second kappa shape index (κ2) is 7.37. The van der Waals surface area contributed by atoms with Gasteiger partial charge in [-0.25, -0.2) is 14.4 Å². The minimum Gasteiger partial charge on any atom is -0.496 e. The van der Waals surface area contributed by atoms with E-state index < -0.39 is 0 Å². The second-order valence-electron chi connectivity index (χ2n) is 7.43. The van der Waals surface area contributed by atoms with Crippen LogP contribution in [0.1, 0.15) is 35.8 Å². The van der Waals surface area contributed by atoms with Gasteiger partial charge in [0.1, 0.15) is 29.5 Å². The summed E-state index contributed by atoms with van der Waals surface area (Å²) in [5.41, 5.74) is 3.91. The Morgan fingerprint density at radius 2 is 2.07 bits per heavy atom. The first kappa shape index (κ1) is 18.5. The standard InChI is InChI=1S/C22H21FN6O/c1-13-16(10-25-21(27-13)14-6-7-14)15-8-9-20(29-12-26-28-22(15)29)24-11-17-18(23)4-3-5-19(17)30-2/h3-5,8-10,12,14,24H,6-7,11H2,1-2H3. The van der Waals surface area contributed by atoms with Crippen molar-refractivity contribution in [3.8, 4) is 16.9 Å². The molecule has 30 heavy (non-hydrogen) atoms. The fraction of sp³-hybridized carbons (Fsp3) is 0.273. The van der Waals surface area contributed by atoms with Crippen LogP contribution in [0.5, 0.6) is 5.75 Å². The molecule has 0 spiro atoms. The molecule has 0 saturated heterocycles. The highest BCUT2D eigenvalue weighted by Gasteiger charge is 2.27. The van der Waals surface area contributed by atoms with Crippen LogP contribution in [-0.4, -0.2) is 31.7 Å². The number of rotatable bonds is 6. The van der Waals surface area contributed by atoms with Gasteiger partial charge in [0.05, 0.1) is 7.11 Å². The quantitative estimate of drug-likeness (QED) is 0.521. The molecule has 5 rings (SSSR count). The highest BCUT2D eigenvalue weighted by molar-refractivity contribution is 5.79. The van der Waals surface area contributed by atoms with Gasteiger partial charge in [0.2, 0.25) is 0 Å². The first-order chi connectivity index (χ1) is 14.7. The normalized spacial score (nSPS) is 13.6. The van der Waals surface area contributed by atoms with E-state index in [1.165, 1.54) is 26.0 Å². The number of anilines is 1. The number of nitrogens with one attached hydrogen (secondary N) is 1. The summed E-state index contributed by atoms with van der Waals surface area (Å²) in [5, 5.41) is 11.6. The zero-order valence-corrected chi connectivity index (χ0v) is 16.8. The number of pyridine rings is 1. The minimum atomic E-state index is -0.318. The Balaban J connectivity index is 1.48. The molecule has 1 aliphatic rings. The summed E-state index contributed by atoms with van der Waals surface area (Å²) < 4.78 is 21.4. The predicted octanol–water partition coefficient (Wildman–Crippen LogP) is 4.13. The fourth-order valence-electron chi connectivity index (χ4n) is 3.63. The van der Waals surface area contributed by atoms with Crippen molar-refractivity contribution in [2.24, 2.45) is 0 Å². The summed E-state index contributed by atoms with van der Waals surface area (Å²) in [6.45, 7) is 2.26. The third kappa shape index (κ3) is 3.24. The average Bonchev–Trinajstić information content (AvgIpc) is 3.49. The van der Waals surface area contributed by atoms with Crippen LogP contribution < -0.4 is 10.1 Å². The molecule has 0 aliphatic heterocycles. The minimum absolute atomic E-state index is 0.265. The molecule has 0 unspecified atom stereocenters. The summed E-state index contributed by atoms with van der Waals surface area (Å²) in [5.74, 6) is 2.36. The van der Waals surface area contributed by atoms with Crippen LogP contribution in [0.15, 0.2) is 42.9 Å². The molecule has 0 amide bonds. The van der Waals surface area contributed by atoms with E-state index in [4.69, 9.17) is 9.72 Å². The average molecular weight is 404 g/mol. The van der Waals surface area contributed by atoms with Crippen LogP contribution in [-0.2, 0) is 6.54 Å². The van der Waals surface area contributed by atoms with Crippen LogP contribution in [0.25, 0.3) is 16.8 Å². The second-order valence-corrected chi connectivity index (χ2v) is 7.43. The zero-order chi connectivity index (χ0) is 20.7. The first-order valence-corrected chi connectivity index (χ1v) is 9.87. The molecule has 1 N–H and O–H groups in total. The molecular formula is C22H21FN6O. The van der Waals surface area contributed by atoms with E-state index in [0.717, 1.165) is 28.5 Å². The van der Waals surface area contributed by atoms with Crippen molar-refractivity contribution in [1.82, 2.24) is 24.6 Å². The number of methoxy groups -OCH3 is 1. The maximum atomic E-state index is 14.3. The van der Waals surface area contributed by atoms with Crippen molar-refractivity contribution in [3.63, 3.8) is 0 Å². The number of halogens is 1. The number of aromatic nitrogens is 5. The Bertz CT molecular complexity index is 1230. The first-order valence-electron chi connectivity index (χ1n) is 9.87.